The third-order valence-electron chi connectivity index (χ3n) is 5.95. The van der Waals surface area contributed by atoms with Gasteiger partial charge in [-0.1, -0.05) is 16.2 Å². The van der Waals surface area contributed by atoms with Crippen LogP contribution in [0, 0.1) is 6.92 Å². The van der Waals surface area contributed by atoms with E-state index in [1.165, 1.54) is 6.92 Å². The summed E-state index contributed by atoms with van der Waals surface area (Å²) in [4.78, 5) is 11.6. The summed E-state index contributed by atoms with van der Waals surface area (Å²) in [6.45, 7) is 5.55. The van der Waals surface area contributed by atoms with E-state index in [1.807, 2.05) is 42.9 Å². The second kappa shape index (κ2) is 13.6. The molecule has 1 saturated heterocycles. The van der Waals surface area contributed by atoms with Gasteiger partial charge in [0.2, 0.25) is 12.4 Å². The number of fused-ring (bicyclic) bond motifs is 1. The second-order valence-corrected chi connectivity index (χ2v) is 9.42. The van der Waals surface area contributed by atoms with Crippen molar-refractivity contribution in [3.63, 3.8) is 0 Å². The van der Waals surface area contributed by atoms with Gasteiger partial charge >= 0.3 is 0 Å². The van der Waals surface area contributed by atoms with Crippen molar-refractivity contribution in [3.05, 3.63) is 30.1 Å². The molecule has 0 amide bonds. The number of alkyl halides is 3. The summed E-state index contributed by atoms with van der Waals surface area (Å²) in [6, 6.07) is 6.10. The molecule has 13 heteroatoms. The molecule has 0 saturated carbocycles. The van der Waals surface area contributed by atoms with Gasteiger partial charge in [0, 0.05) is 58.0 Å². The van der Waals surface area contributed by atoms with Crippen LogP contribution < -0.4 is 10.6 Å². The van der Waals surface area contributed by atoms with Crippen molar-refractivity contribution in [2.45, 2.75) is 51.5 Å². The number of azo groups is 1. The molecule has 3 aromatic rings. The van der Waals surface area contributed by atoms with Crippen molar-refractivity contribution in [2.75, 3.05) is 44.4 Å². The number of nitrogens with zero attached hydrogens (tertiary/aromatic N) is 7. The van der Waals surface area contributed by atoms with Gasteiger partial charge in [0.15, 0.2) is 5.82 Å². The number of anilines is 2. The summed E-state index contributed by atoms with van der Waals surface area (Å²) in [7, 11) is 5.71. The quantitative estimate of drug-likeness (QED) is 0.289. The molecule has 1 aliphatic rings. The van der Waals surface area contributed by atoms with Crippen molar-refractivity contribution in [1.29, 1.82) is 0 Å². The number of nitrogens with one attached hydrogen (secondary N) is 2. The topological polar surface area (TPSA) is 95.1 Å². The van der Waals surface area contributed by atoms with Gasteiger partial charge in [0.25, 0.3) is 0 Å². The first-order valence-electron chi connectivity index (χ1n) is 12.3. The summed E-state index contributed by atoms with van der Waals surface area (Å²) in [5.74, 6) is 0.414. The molecule has 202 valence electrons. The zero-order valence-electron chi connectivity index (χ0n) is 21.6. The van der Waals surface area contributed by atoms with Crippen molar-refractivity contribution >= 4 is 32.2 Å². The minimum atomic E-state index is -2.12. The number of aromatic nitrogens is 4. The molecule has 4 rings (SSSR count). The van der Waals surface area contributed by atoms with Gasteiger partial charge in [0.1, 0.15) is 17.1 Å². The van der Waals surface area contributed by atoms with E-state index in [0.717, 1.165) is 59.9 Å². The summed E-state index contributed by atoms with van der Waals surface area (Å²) in [5, 5.41) is 19.3. The lowest BCUT2D eigenvalue weighted by atomic mass is 10.1. The highest BCUT2D eigenvalue weighted by Crippen LogP contribution is 2.31. The first-order chi connectivity index (χ1) is 17.7. The van der Waals surface area contributed by atoms with Gasteiger partial charge in [-0.25, -0.2) is 17.7 Å². The van der Waals surface area contributed by atoms with Crippen LogP contribution in [0.2, 0.25) is 0 Å². The molecular weight excluding hydrogens is 502 g/mol. The normalized spacial score (nSPS) is 15.7. The van der Waals surface area contributed by atoms with Crippen molar-refractivity contribution < 1.29 is 13.2 Å². The minimum Gasteiger partial charge on any atom is -0.371 e. The van der Waals surface area contributed by atoms with Crippen LogP contribution in [0.4, 0.5) is 30.6 Å². The standard InChI is InChI=1S/C21H29FN9P.C3H6F2/c1-13-16(28-24-3)4-5-17(25-13)15-8-11-31-19(15)20(23-2)27-21(29-31)26-14-6-9-30(10-7-14)12-18(22)32;1-2-3(4)5/h4-5,8,11,14,18H,6-7,9-10,12,32H2,1-3H3,(H2,23,26,27,29);3H,2H2,1H3. The molecule has 0 aromatic carbocycles. The van der Waals surface area contributed by atoms with E-state index in [9.17, 15) is 13.2 Å². The predicted octanol–water partition coefficient (Wildman–Crippen LogP) is 5.56. The molecule has 1 aliphatic heterocycles. The number of hydrogen-bond acceptors (Lipinski definition) is 8. The molecule has 1 fully saturated rings. The fourth-order valence-corrected chi connectivity index (χ4v) is 4.37. The highest BCUT2D eigenvalue weighted by Gasteiger charge is 2.22. The SMILES string of the molecule is CCC(F)F.CN=Nc1ccc(-c2ccn3nc(NC4CCN(CC(F)P)CC4)nc(NC)c23)nc1C. The third kappa shape index (κ3) is 7.82. The highest BCUT2D eigenvalue weighted by atomic mass is 31.0. The highest BCUT2D eigenvalue weighted by molar-refractivity contribution is 7.17. The molecule has 2 unspecified atom stereocenters. The Morgan fingerprint density at radius 3 is 2.43 bits per heavy atom. The van der Waals surface area contributed by atoms with Gasteiger partial charge in [-0.2, -0.15) is 15.2 Å². The van der Waals surface area contributed by atoms with E-state index >= 15 is 0 Å². The molecule has 0 bridgehead atoms. The van der Waals surface area contributed by atoms with E-state index in [4.69, 9.17) is 9.97 Å². The molecular formula is C24H35F3N9P. The fraction of sp³-hybridized carbons (Fsp3) is 0.542. The molecule has 37 heavy (non-hydrogen) atoms. The van der Waals surface area contributed by atoms with Gasteiger partial charge in [-0.15, -0.1) is 5.10 Å². The Bertz CT molecular complexity index is 1180. The predicted molar refractivity (Wildman–Crippen MR) is 145 cm³/mol. The number of aryl methyl sites for hydroxylation is 1. The molecule has 0 aliphatic carbocycles. The summed E-state index contributed by atoms with van der Waals surface area (Å²) < 4.78 is 36.6. The van der Waals surface area contributed by atoms with E-state index in [2.05, 4.69) is 40.1 Å². The van der Waals surface area contributed by atoms with E-state index in [0.29, 0.717) is 12.5 Å². The molecule has 9 nitrogen and oxygen atoms in total. The molecule has 2 atom stereocenters. The number of piperidine rings is 1. The zero-order valence-corrected chi connectivity index (χ0v) is 22.8. The van der Waals surface area contributed by atoms with Crippen LogP contribution >= 0.6 is 9.24 Å². The van der Waals surface area contributed by atoms with Crippen LogP contribution in [-0.2, 0) is 0 Å². The average Bonchev–Trinajstić information content (AvgIpc) is 3.30. The average molecular weight is 538 g/mol. The largest absolute Gasteiger partial charge is 0.371 e. The minimum absolute atomic E-state index is 0.0278. The summed E-state index contributed by atoms with van der Waals surface area (Å²) in [5.41, 5.74) is 4.19. The fourth-order valence-electron chi connectivity index (χ4n) is 4.07. The Morgan fingerprint density at radius 2 is 1.86 bits per heavy atom. The van der Waals surface area contributed by atoms with E-state index < -0.39 is 12.3 Å². The summed E-state index contributed by atoms with van der Waals surface area (Å²) >= 11 is 0. The molecule has 4 heterocycles. The lowest BCUT2D eigenvalue weighted by molar-refractivity contribution is 0.144. The van der Waals surface area contributed by atoms with Crippen LogP contribution in [0.5, 0.6) is 0 Å². The third-order valence-corrected chi connectivity index (χ3v) is 6.16. The maximum Gasteiger partial charge on any atom is 0.243 e. The van der Waals surface area contributed by atoms with E-state index in [1.54, 1.807) is 7.05 Å². The van der Waals surface area contributed by atoms with Crippen LogP contribution in [-0.4, -0.2) is 76.6 Å². The van der Waals surface area contributed by atoms with Crippen molar-refractivity contribution in [1.82, 2.24) is 24.5 Å². The van der Waals surface area contributed by atoms with Gasteiger partial charge in [-0.05, 0) is 38.0 Å². The lowest BCUT2D eigenvalue weighted by Crippen LogP contribution is -2.41. The number of likely N-dealkylation sites (tertiary alicyclic amines) is 1. The number of pyridine rings is 1. The first-order valence-corrected chi connectivity index (χ1v) is 12.9. The monoisotopic (exact) mass is 537 g/mol. The Balaban J connectivity index is 0.000000695. The Hall–Kier alpha value is -2.85. The van der Waals surface area contributed by atoms with Crippen LogP contribution in [0.3, 0.4) is 0 Å². The summed E-state index contributed by atoms with van der Waals surface area (Å²) in [6.07, 6.45) is 1.62. The van der Waals surface area contributed by atoms with Gasteiger partial charge < -0.3 is 10.6 Å². The van der Waals surface area contributed by atoms with Crippen molar-refractivity contribution in [3.8, 4) is 11.3 Å². The van der Waals surface area contributed by atoms with Crippen LogP contribution in [0.15, 0.2) is 34.6 Å². The Morgan fingerprint density at radius 1 is 1.16 bits per heavy atom. The van der Waals surface area contributed by atoms with Crippen molar-refractivity contribution in [2.24, 2.45) is 10.2 Å². The number of rotatable bonds is 8. The second-order valence-electron chi connectivity index (χ2n) is 8.69. The lowest BCUT2D eigenvalue weighted by Gasteiger charge is -2.32. The number of hydrogen-bond donors (Lipinski definition) is 2. The van der Waals surface area contributed by atoms with E-state index in [-0.39, 0.29) is 12.5 Å². The maximum atomic E-state index is 13.2. The van der Waals surface area contributed by atoms with Crippen LogP contribution in [0.1, 0.15) is 31.9 Å². The molecule has 0 radical (unpaired) electrons. The zero-order chi connectivity index (χ0) is 26.9. The molecule has 3 aromatic heterocycles. The Labute approximate surface area is 217 Å². The van der Waals surface area contributed by atoms with Crippen LogP contribution in [0.25, 0.3) is 16.8 Å². The first kappa shape index (κ1) is 28.7. The smallest absolute Gasteiger partial charge is 0.243 e. The van der Waals surface area contributed by atoms with Gasteiger partial charge in [0.05, 0.1) is 11.4 Å². The molecule has 2 N–H and O–H groups in total. The Kier molecular flexibility index (Phi) is 10.6. The molecule has 0 spiro atoms. The maximum absolute atomic E-state index is 13.2. The van der Waals surface area contributed by atoms with Gasteiger partial charge in [-0.3, -0.25) is 9.88 Å². The number of halogens is 3.